The van der Waals surface area contributed by atoms with Gasteiger partial charge in [0.1, 0.15) is 5.56 Å². The lowest BCUT2D eigenvalue weighted by molar-refractivity contribution is -0.385. The van der Waals surface area contributed by atoms with Gasteiger partial charge in [0.2, 0.25) is 0 Å². The van der Waals surface area contributed by atoms with Crippen molar-refractivity contribution in [3.8, 4) is 0 Å². The van der Waals surface area contributed by atoms with Crippen molar-refractivity contribution in [1.29, 1.82) is 0 Å². The number of hydrazine groups is 1. The molecule has 0 unspecified atom stereocenters. The van der Waals surface area contributed by atoms with Gasteiger partial charge in [-0.1, -0.05) is 6.92 Å². The Labute approximate surface area is 117 Å². The largest absolute Gasteiger partial charge is 0.336 e. The van der Waals surface area contributed by atoms with Crippen molar-refractivity contribution in [3.05, 3.63) is 33.9 Å². The summed E-state index contributed by atoms with van der Waals surface area (Å²) in [5.74, 6) is 4.89. The van der Waals surface area contributed by atoms with Crippen LogP contribution in [0.2, 0.25) is 0 Å². The van der Waals surface area contributed by atoms with E-state index in [-0.39, 0.29) is 11.3 Å². The number of hydrogen-bond acceptors (Lipinski definition) is 5. The number of benzene rings is 1. The highest BCUT2D eigenvalue weighted by Gasteiger charge is 2.30. The Morgan fingerprint density at radius 1 is 1.50 bits per heavy atom. The van der Waals surface area contributed by atoms with Gasteiger partial charge in [-0.2, -0.15) is 0 Å². The minimum absolute atomic E-state index is 0.0227. The molecule has 0 aliphatic heterocycles. The molecular formula is C13H20N4O3. The van der Waals surface area contributed by atoms with Crippen molar-refractivity contribution < 1.29 is 9.72 Å². The van der Waals surface area contributed by atoms with Gasteiger partial charge in [0.15, 0.2) is 0 Å². The second-order valence-corrected chi connectivity index (χ2v) is 5.16. The molecule has 0 radical (unpaired) electrons. The average Bonchev–Trinajstić information content (AvgIpc) is 2.44. The van der Waals surface area contributed by atoms with E-state index in [0.29, 0.717) is 5.69 Å². The van der Waals surface area contributed by atoms with Crippen molar-refractivity contribution in [2.45, 2.75) is 32.7 Å². The summed E-state index contributed by atoms with van der Waals surface area (Å²) in [6, 6.07) is 4.12. The third-order valence-electron chi connectivity index (χ3n) is 3.67. The lowest BCUT2D eigenvalue weighted by atomic mass is 9.98. The SMILES string of the molecule is CCC(C)(C)N(C)C(=O)c1cc(NN)ccc1[N+](=O)[O-]. The maximum absolute atomic E-state index is 12.5. The molecule has 7 nitrogen and oxygen atoms in total. The van der Waals surface area contributed by atoms with E-state index in [0.717, 1.165) is 6.42 Å². The van der Waals surface area contributed by atoms with Crippen LogP contribution in [0.15, 0.2) is 18.2 Å². The number of nitrogen functional groups attached to an aromatic ring is 1. The van der Waals surface area contributed by atoms with Gasteiger partial charge >= 0.3 is 0 Å². The van der Waals surface area contributed by atoms with Crippen molar-refractivity contribution in [2.75, 3.05) is 12.5 Å². The molecule has 0 saturated heterocycles. The van der Waals surface area contributed by atoms with E-state index in [2.05, 4.69) is 5.43 Å². The molecule has 7 heteroatoms. The summed E-state index contributed by atoms with van der Waals surface area (Å²) < 4.78 is 0. The first kappa shape index (κ1) is 15.9. The van der Waals surface area contributed by atoms with Crippen LogP contribution in [0.4, 0.5) is 11.4 Å². The van der Waals surface area contributed by atoms with Crippen LogP contribution in [0.3, 0.4) is 0 Å². The predicted octanol–water partition coefficient (Wildman–Crippen LogP) is 2.14. The number of carbonyl (C=O) groups excluding carboxylic acids is 1. The van der Waals surface area contributed by atoms with Gasteiger partial charge in [0, 0.05) is 24.3 Å². The molecule has 0 aliphatic carbocycles. The number of hydrogen-bond donors (Lipinski definition) is 2. The van der Waals surface area contributed by atoms with E-state index in [4.69, 9.17) is 5.84 Å². The highest BCUT2D eigenvalue weighted by Crippen LogP contribution is 2.26. The number of nitro benzene ring substituents is 1. The van der Waals surface area contributed by atoms with Gasteiger partial charge in [-0.05, 0) is 32.4 Å². The molecule has 20 heavy (non-hydrogen) atoms. The van der Waals surface area contributed by atoms with E-state index in [9.17, 15) is 14.9 Å². The number of carbonyl (C=O) groups is 1. The lowest BCUT2D eigenvalue weighted by Crippen LogP contribution is -2.44. The topological polar surface area (TPSA) is 102 Å². The van der Waals surface area contributed by atoms with Crippen molar-refractivity contribution in [2.24, 2.45) is 5.84 Å². The lowest BCUT2D eigenvalue weighted by Gasteiger charge is -2.34. The monoisotopic (exact) mass is 280 g/mol. The van der Waals surface area contributed by atoms with Gasteiger partial charge in [0.25, 0.3) is 11.6 Å². The average molecular weight is 280 g/mol. The number of nitro groups is 1. The summed E-state index contributed by atoms with van der Waals surface area (Å²) in [5.41, 5.74) is 2.23. The zero-order valence-corrected chi connectivity index (χ0v) is 12.1. The second-order valence-electron chi connectivity index (χ2n) is 5.16. The van der Waals surface area contributed by atoms with E-state index < -0.39 is 16.4 Å². The number of nitrogens with one attached hydrogen (secondary N) is 1. The molecular weight excluding hydrogens is 260 g/mol. The first-order valence-electron chi connectivity index (χ1n) is 6.27. The third kappa shape index (κ3) is 3.05. The van der Waals surface area contributed by atoms with Gasteiger partial charge < -0.3 is 10.3 Å². The second kappa shape index (κ2) is 5.87. The van der Waals surface area contributed by atoms with Gasteiger partial charge in [-0.3, -0.25) is 20.8 Å². The molecule has 0 aromatic heterocycles. The van der Waals surface area contributed by atoms with Crippen LogP contribution >= 0.6 is 0 Å². The molecule has 0 saturated carbocycles. The molecule has 1 rings (SSSR count). The standard InChI is InChI=1S/C13H20N4O3/c1-5-13(2,3)16(4)12(18)10-8-9(15-14)6-7-11(10)17(19)20/h6-8,15H,5,14H2,1-4H3. The van der Waals surface area contributed by atoms with E-state index in [1.807, 2.05) is 20.8 Å². The van der Waals surface area contributed by atoms with Gasteiger partial charge in [-0.15, -0.1) is 0 Å². The van der Waals surface area contributed by atoms with E-state index in [1.54, 1.807) is 7.05 Å². The number of nitrogens with two attached hydrogens (primary N) is 1. The van der Waals surface area contributed by atoms with E-state index in [1.165, 1.54) is 23.1 Å². The van der Waals surface area contributed by atoms with Crippen molar-refractivity contribution in [3.63, 3.8) is 0 Å². The van der Waals surface area contributed by atoms with Crippen LogP contribution in [0.1, 0.15) is 37.6 Å². The zero-order valence-electron chi connectivity index (χ0n) is 12.1. The highest BCUT2D eigenvalue weighted by molar-refractivity contribution is 5.99. The van der Waals surface area contributed by atoms with Crippen molar-refractivity contribution in [1.82, 2.24) is 4.90 Å². The van der Waals surface area contributed by atoms with Crippen LogP contribution < -0.4 is 11.3 Å². The molecule has 0 aliphatic rings. The Morgan fingerprint density at radius 2 is 2.10 bits per heavy atom. The fourth-order valence-corrected chi connectivity index (χ4v) is 1.65. The number of rotatable bonds is 5. The van der Waals surface area contributed by atoms with Gasteiger partial charge in [-0.25, -0.2) is 0 Å². The minimum Gasteiger partial charge on any atom is -0.336 e. The Bertz CT molecular complexity index is 528. The molecule has 1 aromatic carbocycles. The number of nitrogens with zero attached hydrogens (tertiary/aromatic N) is 2. The number of anilines is 1. The summed E-state index contributed by atoms with van der Waals surface area (Å²) in [6.07, 6.45) is 0.734. The van der Waals surface area contributed by atoms with Crippen LogP contribution in [0, 0.1) is 10.1 Å². The Hall–Kier alpha value is -2.15. The van der Waals surface area contributed by atoms with Crippen LogP contribution in [0.25, 0.3) is 0 Å². The fourth-order valence-electron chi connectivity index (χ4n) is 1.65. The van der Waals surface area contributed by atoms with Gasteiger partial charge in [0.05, 0.1) is 4.92 Å². The normalized spacial score (nSPS) is 11.1. The molecule has 0 heterocycles. The molecule has 0 atom stereocenters. The number of amides is 1. The summed E-state index contributed by atoms with van der Waals surface area (Å²) in [7, 11) is 1.64. The van der Waals surface area contributed by atoms with Crippen molar-refractivity contribution >= 4 is 17.3 Å². The summed E-state index contributed by atoms with van der Waals surface area (Å²) >= 11 is 0. The molecule has 0 bridgehead atoms. The maximum atomic E-state index is 12.5. The maximum Gasteiger partial charge on any atom is 0.282 e. The molecule has 1 amide bonds. The van der Waals surface area contributed by atoms with Crippen LogP contribution in [0.5, 0.6) is 0 Å². The molecule has 3 N–H and O–H groups in total. The zero-order chi connectivity index (χ0) is 15.5. The molecule has 110 valence electrons. The molecule has 0 fully saturated rings. The van der Waals surface area contributed by atoms with E-state index >= 15 is 0 Å². The predicted molar refractivity (Wildman–Crippen MR) is 77.4 cm³/mol. The summed E-state index contributed by atoms with van der Waals surface area (Å²) in [5, 5.41) is 11.1. The van der Waals surface area contributed by atoms with Crippen LogP contribution in [-0.2, 0) is 0 Å². The first-order valence-corrected chi connectivity index (χ1v) is 6.27. The van der Waals surface area contributed by atoms with Crippen LogP contribution in [-0.4, -0.2) is 28.3 Å². The Morgan fingerprint density at radius 3 is 2.55 bits per heavy atom. The molecule has 0 spiro atoms. The summed E-state index contributed by atoms with van der Waals surface area (Å²) in [6.45, 7) is 5.76. The Kier molecular flexibility index (Phi) is 4.67. The smallest absolute Gasteiger partial charge is 0.282 e. The Balaban J connectivity index is 3.29. The highest BCUT2D eigenvalue weighted by atomic mass is 16.6. The fraction of sp³-hybridized carbons (Fsp3) is 0.462. The molecule has 1 aromatic rings. The quantitative estimate of drug-likeness (QED) is 0.489. The first-order chi connectivity index (χ1) is 9.24. The minimum atomic E-state index is -0.569. The summed E-state index contributed by atoms with van der Waals surface area (Å²) in [4.78, 5) is 24.5. The third-order valence-corrected chi connectivity index (χ3v) is 3.67.